The van der Waals surface area contributed by atoms with Crippen LogP contribution in [0.5, 0.6) is 0 Å². The van der Waals surface area contributed by atoms with Crippen LogP contribution in [0.3, 0.4) is 0 Å². The van der Waals surface area contributed by atoms with Gasteiger partial charge in [0.15, 0.2) is 0 Å². The molecule has 0 bridgehead atoms. The Morgan fingerprint density at radius 3 is 2.50 bits per heavy atom. The Kier molecular flexibility index (Phi) is 6.33. The maximum absolute atomic E-state index is 12.8. The van der Waals surface area contributed by atoms with Gasteiger partial charge < -0.3 is 10.6 Å². The van der Waals surface area contributed by atoms with E-state index in [1.54, 1.807) is 7.11 Å². The van der Waals surface area contributed by atoms with Crippen LogP contribution in [0.25, 0.3) is 0 Å². The molecule has 32 heavy (non-hydrogen) atoms. The van der Waals surface area contributed by atoms with Crippen LogP contribution in [-0.4, -0.2) is 28.4 Å². The van der Waals surface area contributed by atoms with Gasteiger partial charge in [-0.1, -0.05) is 42.0 Å². The van der Waals surface area contributed by atoms with E-state index >= 15 is 0 Å². The Labute approximate surface area is 188 Å². The highest BCUT2D eigenvalue weighted by Gasteiger charge is 2.43. The van der Waals surface area contributed by atoms with Crippen molar-refractivity contribution in [3.63, 3.8) is 0 Å². The zero-order valence-electron chi connectivity index (χ0n) is 19.4. The van der Waals surface area contributed by atoms with Gasteiger partial charge in [-0.25, -0.2) is 9.48 Å². The molecule has 0 radical (unpaired) electrons. The molecule has 170 valence electrons. The topological polar surface area (TPSA) is 98.0 Å². The van der Waals surface area contributed by atoms with E-state index in [4.69, 9.17) is 15.7 Å². The number of aromatic amines is 1. The fourth-order valence-electron chi connectivity index (χ4n) is 5.03. The van der Waals surface area contributed by atoms with Gasteiger partial charge in [0.05, 0.1) is 18.6 Å². The van der Waals surface area contributed by atoms with E-state index < -0.39 is 5.41 Å². The van der Waals surface area contributed by atoms with Crippen molar-refractivity contribution in [3.8, 4) is 0 Å². The molecular weight excluding hydrogens is 402 g/mol. The predicted molar refractivity (Wildman–Crippen MR) is 126 cm³/mol. The van der Waals surface area contributed by atoms with E-state index in [0.717, 1.165) is 24.0 Å². The third kappa shape index (κ3) is 3.81. The van der Waals surface area contributed by atoms with Gasteiger partial charge in [0.2, 0.25) is 0 Å². The number of nitrogens with two attached hydrogens (primary N) is 1. The number of fused-ring (bicyclic) bond motifs is 2. The summed E-state index contributed by atoms with van der Waals surface area (Å²) in [6.07, 6.45) is 2.48. The summed E-state index contributed by atoms with van der Waals surface area (Å²) in [4.78, 5) is 20.9. The maximum Gasteiger partial charge on any atom is 0.343 e. The number of rotatable bonds is 7. The van der Waals surface area contributed by atoms with E-state index in [-0.39, 0.29) is 11.7 Å². The maximum atomic E-state index is 12.8. The molecule has 0 spiro atoms. The molecule has 7 heteroatoms. The van der Waals surface area contributed by atoms with Crippen LogP contribution in [0, 0.1) is 6.92 Å². The van der Waals surface area contributed by atoms with Gasteiger partial charge in [0.1, 0.15) is 5.82 Å². The van der Waals surface area contributed by atoms with Crippen molar-refractivity contribution in [3.05, 3.63) is 86.1 Å². The Morgan fingerprint density at radius 1 is 1.19 bits per heavy atom. The number of nitrogens with one attached hydrogen (secondary N) is 2. The molecular formula is C25H33N5O2. The number of nitrogens with zero attached hydrogens (tertiary/aromatic N) is 2. The summed E-state index contributed by atoms with van der Waals surface area (Å²) in [5.74, 6) is 0.665. The quantitative estimate of drug-likeness (QED) is 0.496. The lowest BCUT2D eigenvalue weighted by atomic mass is 9.69. The van der Waals surface area contributed by atoms with E-state index in [2.05, 4.69) is 53.8 Å². The Balaban J connectivity index is 2.02. The third-order valence-corrected chi connectivity index (χ3v) is 6.49. The van der Waals surface area contributed by atoms with Crippen molar-refractivity contribution in [2.24, 2.45) is 5.73 Å². The standard InChI is InChI=1S/C25H33N5O2/c1-16(2)30-24(31)28-23(29-30)25(11-12-26)21-9-5-17(3)13-19(21)7-8-20-14-18(15-27-32-4)6-10-22(20)25/h5-6,9-10,13-14,16,27H,7-8,11-12,15,26H2,1-4H3,(H,28,29,31). The number of H-pyrrole nitrogens is 1. The van der Waals surface area contributed by atoms with E-state index in [1.165, 1.54) is 26.9 Å². The highest BCUT2D eigenvalue weighted by atomic mass is 16.6. The van der Waals surface area contributed by atoms with Crippen molar-refractivity contribution >= 4 is 0 Å². The van der Waals surface area contributed by atoms with Crippen LogP contribution in [0.2, 0.25) is 0 Å². The first-order chi connectivity index (χ1) is 15.4. The number of benzene rings is 2. The molecule has 0 amide bonds. The number of hydroxylamine groups is 1. The normalized spacial score (nSPS) is 17.8. The molecule has 4 rings (SSSR count). The lowest BCUT2D eigenvalue weighted by molar-refractivity contribution is 0.0867. The van der Waals surface area contributed by atoms with Crippen molar-refractivity contribution in [2.45, 2.75) is 58.0 Å². The molecule has 0 aliphatic heterocycles. The molecule has 1 aliphatic carbocycles. The number of aromatic nitrogens is 3. The molecule has 7 nitrogen and oxygen atoms in total. The SMILES string of the molecule is CONCc1ccc2c(c1)CCc1cc(C)ccc1C2(CCN)c1nn(C(C)C)c(=O)[nH]1. The second-order valence-electron chi connectivity index (χ2n) is 8.94. The number of hydrogen-bond donors (Lipinski definition) is 3. The Bertz CT molecular complexity index is 1160. The number of aryl methyl sites for hydroxylation is 3. The molecule has 1 aromatic heterocycles. The minimum absolute atomic E-state index is 0.0346. The van der Waals surface area contributed by atoms with E-state index in [0.29, 0.717) is 25.3 Å². The zero-order chi connectivity index (χ0) is 22.9. The smallest absolute Gasteiger partial charge is 0.330 e. The summed E-state index contributed by atoms with van der Waals surface area (Å²) in [6.45, 7) is 7.14. The van der Waals surface area contributed by atoms with Gasteiger partial charge in [-0.15, -0.1) is 0 Å². The molecule has 0 saturated carbocycles. The minimum atomic E-state index is -0.615. The first-order valence-corrected chi connectivity index (χ1v) is 11.3. The summed E-state index contributed by atoms with van der Waals surface area (Å²) < 4.78 is 1.53. The Hall–Kier alpha value is -2.74. The molecule has 1 unspecified atom stereocenters. The van der Waals surface area contributed by atoms with Crippen LogP contribution < -0.4 is 16.9 Å². The van der Waals surface area contributed by atoms with Crippen LogP contribution >= 0.6 is 0 Å². The molecule has 1 atom stereocenters. The highest BCUT2D eigenvalue weighted by Crippen LogP contribution is 2.46. The monoisotopic (exact) mass is 435 g/mol. The average Bonchev–Trinajstić information content (AvgIpc) is 3.11. The summed E-state index contributed by atoms with van der Waals surface area (Å²) in [6, 6.07) is 13.1. The Morgan fingerprint density at radius 2 is 1.88 bits per heavy atom. The molecule has 3 aromatic rings. The van der Waals surface area contributed by atoms with Crippen LogP contribution in [0.1, 0.15) is 65.5 Å². The zero-order valence-corrected chi connectivity index (χ0v) is 19.4. The fraction of sp³-hybridized carbons (Fsp3) is 0.440. The average molecular weight is 436 g/mol. The third-order valence-electron chi connectivity index (χ3n) is 6.49. The number of hydrogen-bond acceptors (Lipinski definition) is 5. The highest BCUT2D eigenvalue weighted by molar-refractivity contribution is 5.55. The van der Waals surface area contributed by atoms with Crippen LogP contribution in [-0.2, 0) is 29.6 Å². The first kappa shape index (κ1) is 22.5. The molecule has 1 aliphatic rings. The summed E-state index contributed by atoms with van der Waals surface area (Å²) in [5.41, 5.74) is 15.6. The van der Waals surface area contributed by atoms with Crippen LogP contribution in [0.4, 0.5) is 0 Å². The van der Waals surface area contributed by atoms with Gasteiger partial charge in [-0.3, -0.25) is 4.98 Å². The molecule has 1 heterocycles. The summed E-state index contributed by atoms with van der Waals surface area (Å²) in [7, 11) is 1.62. The van der Waals surface area contributed by atoms with Crippen LogP contribution in [0.15, 0.2) is 41.2 Å². The second-order valence-corrected chi connectivity index (χ2v) is 8.94. The predicted octanol–water partition coefficient (Wildman–Crippen LogP) is 2.89. The van der Waals surface area contributed by atoms with Gasteiger partial charge >= 0.3 is 5.69 Å². The second kappa shape index (κ2) is 9.02. The van der Waals surface area contributed by atoms with Crippen molar-refractivity contribution in [1.82, 2.24) is 20.2 Å². The molecule has 4 N–H and O–H groups in total. The molecule has 0 fully saturated rings. The first-order valence-electron chi connectivity index (χ1n) is 11.3. The molecule has 0 saturated heterocycles. The van der Waals surface area contributed by atoms with E-state index in [9.17, 15) is 4.79 Å². The van der Waals surface area contributed by atoms with Crippen molar-refractivity contribution < 1.29 is 4.84 Å². The van der Waals surface area contributed by atoms with Gasteiger partial charge in [0.25, 0.3) is 0 Å². The van der Waals surface area contributed by atoms with Crippen molar-refractivity contribution in [1.29, 1.82) is 0 Å². The van der Waals surface area contributed by atoms with Gasteiger partial charge in [0, 0.05) is 6.54 Å². The largest absolute Gasteiger partial charge is 0.343 e. The summed E-state index contributed by atoms with van der Waals surface area (Å²) >= 11 is 0. The van der Waals surface area contributed by atoms with E-state index in [1.807, 2.05) is 13.8 Å². The lowest BCUT2D eigenvalue weighted by Gasteiger charge is -2.34. The summed E-state index contributed by atoms with van der Waals surface area (Å²) in [5, 5.41) is 4.82. The molecule has 2 aromatic carbocycles. The van der Waals surface area contributed by atoms with Gasteiger partial charge in [-0.05, 0) is 74.4 Å². The lowest BCUT2D eigenvalue weighted by Crippen LogP contribution is -2.35. The fourth-order valence-corrected chi connectivity index (χ4v) is 5.03. The van der Waals surface area contributed by atoms with Gasteiger partial charge in [-0.2, -0.15) is 10.6 Å². The van der Waals surface area contributed by atoms with Crippen molar-refractivity contribution in [2.75, 3.05) is 13.7 Å². The minimum Gasteiger partial charge on any atom is -0.330 e.